The second kappa shape index (κ2) is 4.21. The van der Waals surface area contributed by atoms with Crippen molar-refractivity contribution in [2.45, 2.75) is 6.42 Å². The van der Waals surface area contributed by atoms with Crippen molar-refractivity contribution < 1.29 is 4.79 Å². The summed E-state index contributed by atoms with van der Waals surface area (Å²) in [5.74, 6) is -0.285. The Kier molecular flexibility index (Phi) is 2.76. The molecule has 0 aromatic heterocycles. The fourth-order valence-corrected chi connectivity index (χ4v) is 1.86. The number of rotatable bonds is 2. The van der Waals surface area contributed by atoms with Crippen LogP contribution >= 0.6 is 0 Å². The van der Waals surface area contributed by atoms with Crippen molar-refractivity contribution in [3.05, 3.63) is 24.3 Å². The standard InChI is InChI=1S/C11H15N3O/c12-11(15)8-14-7-3-6-13-9-4-1-2-5-10(9)14/h1-2,4-5,13H,3,6-8H2,(H2,12,15). The highest BCUT2D eigenvalue weighted by molar-refractivity contribution is 5.82. The molecule has 0 fully saturated rings. The topological polar surface area (TPSA) is 58.4 Å². The normalized spacial score (nSPS) is 15.1. The van der Waals surface area contributed by atoms with Crippen LogP contribution in [0.2, 0.25) is 0 Å². The van der Waals surface area contributed by atoms with Gasteiger partial charge in [-0.2, -0.15) is 0 Å². The molecule has 1 heterocycles. The van der Waals surface area contributed by atoms with Crippen LogP contribution in [0, 0.1) is 0 Å². The molecule has 15 heavy (non-hydrogen) atoms. The van der Waals surface area contributed by atoms with Crippen LogP contribution in [-0.4, -0.2) is 25.5 Å². The van der Waals surface area contributed by atoms with Crippen LogP contribution in [-0.2, 0) is 4.79 Å². The molecular formula is C11H15N3O. The minimum Gasteiger partial charge on any atom is -0.383 e. The molecule has 2 rings (SSSR count). The highest BCUT2D eigenvalue weighted by Gasteiger charge is 2.15. The lowest BCUT2D eigenvalue weighted by molar-refractivity contribution is -0.116. The molecule has 0 aliphatic carbocycles. The quantitative estimate of drug-likeness (QED) is 0.750. The van der Waals surface area contributed by atoms with Gasteiger partial charge >= 0.3 is 0 Å². The van der Waals surface area contributed by atoms with Crippen molar-refractivity contribution in [3.8, 4) is 0 Å². The van der Waals surface area contributed by atoms with Gasteiger partial charge in [-0.15, -0.1) is 0 Å². The van der Waals surface area contributed by atoms with Gasteiger partial charge in [0.1, 0.15) is 0 Å². The fraction of sp³-hybridized carbons (Fsp3) is 0.364. The van der Waals surface area contributed by atoms with Gasteiger partial charge in [-0.05, 0) is 18.6 Å². The highest BCUT2D eigenvalue weighted by atomic mass is 16.1. The first-order valence-electron chi connectivity index (χ1n) is 5.13. The number of hydrogen-bond acceptors (Lipinski definition) is 3. The van der Waals surface area contributed by atoms with Crippen LogP contribution in [0.3, 0.4) is 0 Å². The van der Waals surface area contributed by atoms with Crippen molar-refractivity contribution >= 4 is 17.3 Å². The Hall–Kier alpha value is -1.71. The molecule has 0 saturated heterocycles. The Morgan fingerprint density at radius 3 is 3.07 bits per heavy atom. The van der Waals surface area contributed by atoms with E-state index in [0.29, 0.717) is 6.54 Å². The van der Waals surface area contributed by atoms with Crippen molar-refractivity contribution in [1.29, 1.82) is 0 Å². The van der Waals surface area contributed by atoms with Crippen molar-refractivity contribution in [2.75, 3.05) is 29.9 Å². The summed E-state index contributed by atoms with van der Waals surface area (Å²) in [5.41, 5.74) is 7.37. The van der Waals surface area contributed by atoms with E-state index in [1.807, 2.05) is 29.2 Å². The number of benzene rings is 1. The molecule has 4 heteroatoms. The predicted molar refractivity (Wildman–Crippen MR) is 61.0 cm³/mol. The van der Waals surface area contributed by atoms with Crippen LogP contribution < -0.4 is 16.0 Å². The third-order valence-corrected chi connectivity index (χ3v) is 2.51. The summed E-state index contributed by atoms with van der Waals surface area (Å²) < 4.78 is 0. The van der Waals surface area contributed by atoms with E-state index in [0.717, 1.165) is 30.9 Å². The average molecular weight is 205 g/mol. The molecule has 1 aliphatic rings. The van der Waals surface area contributed by atoms with E-state index in [9.17, 15) is 4.79 Å². The zero-order valence-corrected chi connectivity index (χ0v) is 8.57. The first-order valence-corrected chi connectivity index (χ1v) is 5.13. The lowest BCUT2D eigenvalue weighted by Crippen LogP contribution is -2.34. The highest BCUT2D eigenvalue weighted by Crippen LogP contribution is 2.27. The first-order chi connectivity index (χ1) is 7.27. The molecule has 4 nitrogen and oxygen atoms in total. The van der Waals surface area contributed by atoms with E-state index < -0.39 is 0 Å². The van der Waals surface area contributed by atoms with Gasteiger partial charge < -0.3 is 16.0 Å². The maximum absolute atomic E-state index is 10.9. The summed E-state index contributed by atoms with van der Waals surface area (Å²) in [4.78, 5) is 13.0. The number of carbonyl (C=O) groups excluding carboxylic acids is 1. The second-order valence-corrected chi connectivity index (χ2v) is 3.69. The Labute approximate surface area is 89.1 Å². The molecule has 1 aliphatic heterocycles. The third kappa shape index (κ3) is 2.21. The lowest BCUT2D eigenvalue weighted by atomic mass is 10.2. The molecule has 0 spiro atoms. The first kappa shape index (κ1) is 9.83. The van der Waals surface area contributed by atoms with Crippen LogP contribution in [0.5, 0.6) is 0 Å². The molecule has 80 valence electrons. The number of hydrogen-bond donors (Lipinski definition) is 2. The summed E-state index contributed by atoms with van der Waals surface area (Å²) in [6, 6.07) is 7.99. The van der Waals surface area contributed by atoms with E-state index in [2.05, 4.69) is 5.32 Å². The van der Waals surface area contributed by atoms with Crippen LogP contribution in [0.25, 0.3) is 0 Å². The summed E-state index contributed by atoms with van der Waals surface area (Å²) in [6.07, 6.45) is 1.02. The van der Waals surface area contributed by atoms with E-state index in [1.54, 1.807) is 0 Å². The molecular weight excluding hydrogens is 190 g/mol. The number of nitrogens with one attached hydrogen (secondary N) is 1. The van der Waals surface area contributed by atoms with Gasteiger partial charge in [0.05, 0.1) is 17.9 Å². The molecule has 3 N–H and O–H groups in total. The van der Waals surface area contributed by atoms with E-state index in [4.69, 9.17) is 5.73 Å². The summed E-state index contributed by atoms with van der Waals surface area (Å²) in [7, 11) is 0. The Morgan fingerprint density at radius 1 is 1.47 bits per heavy atom. The SMILES string of the molecule is NC(=O)CN1CCCNc2ccccc21. The molecule has 0 atom stereocenters. The maximum atomic E-state index is 10.9. The maximum Gasteiger partial charge on any atom is 0.236 e. The molecule has 1 aromatic carbocycles. The van der Waals surface area contributed by atoms with Crippen molar-refractivity contribution in [1.82, 2.24) is 0 Å². The largest absolute Gasteiger partial charge is 0.383 e. The minimum atomic E-state index is -0.285. The molecule has 0 bridgehead atoms. The third-order valence-electron chi connectivity index (χ3n) is 2.51. The van der Waals surface area contributed by atoms with E-state index in [-0.39, 0.29) is 5.91 Å². The van der Waals surface area contributed by atoms with Gasteiger partial charge in [0, 0.05) is 13.1 Å². The molecule has 0 unspecified atom stereocenters. The van der Waals surface area contributed by atoms with Gasteiger partial charge in [0.2, 0.25) is 5.91 Å². The number of nitrogens with zero attached hydrogens (tertiary/aromatic N) is 1. The van der Waals surface area contributed by atoms with Crippen LogP contribution in [0.15, 0.2) is 24.3 Å². The Morgan fingerprint density at radius 2 is 2.27 bits per heavy atom. The number of nitrogens with two attached hydrogens (primary N) is 1. The van der Waals surface area contributed by atoms with E-state index >= 15 is 0 Å². The molecule has 0 saturated carbocycles. The van der Waals surface area contributed by atoms with Gasteiger partial charge in [0.15, 0.2) is 0 Å². The van der Waals surface area contributed by atoms with Crippen LogP contribution in [0.1, 0.15) is 6.42 Å². The predicted octanol–water partition coefficient (Wildman–Crippen LogP) is 0.794. The second-order valence-electron chi connectivity index (χ2n) is 3.69. The number of anilines is 2. The average Bonchev–Trinajstić information content (AvgIpc) is 2.41. The zero-order valence-electron chi connectivity index (χ0n) is 8.57. The Bertz CT molecular complexity index is 365. The summed E-state index contributed by atoms with van der Waals surface area (Å²) in [6.45, 7) is 2.10. The molecule has 1 aromatic rings. The Balaban J connectivity index is 2.28. The molecule has 0 radical (unpaired) electrons. The molecule has 1 amide bonds. The number of para-hydroxylation sites is 2. The van der Waals surface area contributed by atoms with Gasteiger partial charge in [-0.1, -0.05) is 12.1 Å². The number of carbonyl (C=O) groups is 1. The summed E-state index contributed by atoms with van der Waals surface area (Å²) >= 11 is 0. The van der Waals surface area contributed by atoms with Crippen molar-refractivity contribution in [3.63, 3.8) is 0 Å². The number of amides is 1. The van der Waals surface area contributed by atoms with Crippen LogP contribution in [0.4, 0.5) is 11.4 Å². The van der Waals surface area contributed by atoms with Crippen molar-refractivity contribution in [2.24, 2.45) is 5.73 Å². The van der Waals surface area contributed by atoms with Gasteiger partial charge in [-0.25, -0.2) is 0 Å². The lowest BCUT2D eigenvalue weighted by Gasteiger charge is -2.22. The summed E-state index contributed by atoms with van der Waals surface area (Å²) in [5, 5.41) is 3.33. The zero-order chi connectivity index (χ0) is 10.7. The monoisotopic (exact) mass is 205 g/mol. The minimum absolute atomic E-state index is 0.285. The van der Waals surface area contributed by atoms with E-state index in [1.165, 1.54) is 0 Å². The smallest absolute Gasteiger partial charge is 0.236 e. The fourth-order valence-electron chi connectivity index (χ4n) is 1.86. The van der Waals surface area contributed by atoms with Gasteiger partial charge in [0.25, 0.3) is 0 Å². The van der Waals surface area contributed by atoms with Gasteiger partial charge in [-0.3, -0.25) is 4.79 Å². The number of fused-ring (bicyclic) bond motifs is 1. The number of primary amides is 1.